The highest BCUT2D eigenvalue weighted by atomic mass is 16.3. The molecule has 0 aliphatic rings. The van der Waals surface area contributed by atoms with Crippen LogP contribution in [-0.4, -0.2) is 0 Å². The minimum absolute atomic E-state index is 0.473. The molecule has 0 aliphatic heterocycles. The van der Waals surface area contributed by atoms with E-state index >= 15 is 0 Å². The summed E-state index contributed by atoms with van der Waals surface area (Å²) in [4.78, 5) is 4.65. The fourth-order valence-electron chi connectivity index (χ4n) is 8.94. The first-order valence-corrected chi connectivity index (χ1v) is 21.0. The monoisotopic (exact) mass is 776 g/mol. The number of fused-ring (bicyclic) bond motifs is 9. The van der Waals surface area contributed by atoms with E-state index in [-0.39, 0.29) is 0 Å². The zero-order valence-corrected chi connectivity index (χ0v) is 34.2. The second-order valence-electron chi connectivity index (χ2n) is 16.6. The molecule has 0 saturated carbocycles. The van der Waals surface area contributed by atoms with Crippen molar-refractivity contribution in [3.63, 3.8) is 0 Å². The SMILES string of the molecule is CC(C)c1ccc(N(c2ccccc2)c2ccc3cc4c(cc3c2)oc2ccc3oc5cc6cc(N(c7ccccc7)c7ccc(C(C)C)cc7)ccc6cc5c3c24)cc1. The Bertz CT molecular complexity index is 3130. The molecule has 2 aromatic heterocycles. The molecule has 0 amide bonds. The van der Waals surface area contributed by atoms with Crippen molar-refractivity contribution in [1.29, 1.82) is 0 Å². The lowest BCUT2D eigenvalue weighted by Crippen LogP contribution is -2.09. The second-order valence-corrected chi connectivity index (χ2v) is 16.6. The summed E-state index contributed by atoms with van der Waals surface area (Å²) in [6.45, 7) is 8.93. The lowest BCUT2D eigenvalue weighted by molar-refractivity contribution is 0.663. The van der Waals surface area contributed by atoms with Crippen LogP contribution in [-0.2, 0) is 0 Å². The summed E-state index contributed by atoms with van der Waals surface area (Å²) in [6, 6.07) is 65.5. The molecule has 290 valence electrons. The lowest BCUT2D eigenvalue weighted by atomic mass is 10.00. The maximum atomic E-state index is 6.67. The van der Waals surface area contributed by atoms with Crippen LogP contribution in [0.3, 0.4) is 0 Å². The van der Waals surface area contributed by atoms with Gasteiger partial charge in [-0.15, -0.1) is 0 Å². The Labute approximate surface area is 349 Å². The van der Waals surface area contributed by atoms with Crippen molar-refractivity contribution in [2.45, 2.75) is 39.5 Å². The van der Waals surface area contributed by atoms with E-state index in [2.05, 4.69) is 207 Å². The van der Waals surface area contributed by atoms with Gasteiger partial charge < -0.3 is 18.6 Å². The van der Waals surface area contributed by atoms with Gasteiger partial charge in [0, 0.05) is 55.7 Å². The highest BCUT2D eigenvalue weighted by Gasteiger charge is 2.20. The summed E-state index contributed by atoms with van der Waals surface area (Å²) in [7, 11) is 0. The van der Waals surface area contributed by atoms with Gasteiger partial charge in [0.2, 0.25) is 0 Å². The van der Waals surface area contributed by atoms with Crippen molar-refractivity contribution in [2.75, 3.05) is 9.80 Å². The van der Waals surface area contributed by atoms with Gasteiger partial charge in [0.15, 0.2) is 0 Å². The summed E-state index contributed by atoms with van der Waals surface area (Å²) in [6.07, 6.45) is 0. The van der Waals surface area contributed by atoms with Gasteiger partial charge in [0.05, 0.1) is 0 Å². The van der Waals surface area contributed by atoms with Gasteiger partial charge in [-0.05, 0) is 154 Å². The number of benzene rings is 9. The molecule has 0 unspecified atom stereocenters. The van der Waals surface area contributed by atoms with Crippen LogP contribution in [0.2, 0.25) is 0 Å². The Morgan fingerprint density at radius 2 is 0.683 bits per heavy atom. The van der Waals surface area contributed by atoms with Crippen LogP contribution in [0.15, 0.2) is 191 Å². The van der Waals surface area contributed by atoms with Crippen LogP contribution < -0.4 is 9.80 Å². The Kier molecular flexibility index (Phi) is 8.49. The normalized spacial score (nSPS) is 12.0. The van der Waals surface area contributed by atoms with E-state index in [1.807, 2.05) is 12.1 Å². The van der Waals surface area contributed by atoms with Crippen LogP contribution in [0, 0.1) is 0 Å². The van der Waals surface area contributed by atoms with Gasteiger partial charge in [0.25, 0.3) is 0 Å². The van der Waals surface area contributed by atoms with Crippen molar-refractivity contribution in [3.8, 4) is 0 Å². The molecule has 0 N–H and O–H groups in total. The summed E-state index contributed by atoms with van der Waals surface area (Å²) in [5.41, 5.74) is 12.7. The maximum absolute atomic E-state index is 6.67. The first-order valence-electron chi connectivity index (χ1n) is 21.0. The van der Waals surface area contributed by atoms with E-state index in [1.165, 1.54) is 11.1 Å². The number of para-hydroxylation sites is 2. The van der Waals surface area contributed by atoms with Crippen LogP contribution in [0.25, 0.3) is 65.4 Å². The highest BCUT2D eigenvalue weighted by molar-refractivity contribution is 6.27. The zero-order valence-electron chi connectivity index (χ0n) is 34.2. The molecule has 0 saturated heterocycles. The average molecular weight is 777 g/mol. The summed E-state index contributed by atoms with van der Waals surface area (Å²) in [5, 5.41) is 8.88. The standard InChI is InChI=1S/C56H44N2O2/c1-35(2)37-15-21-45(22-16-37)57(43-11-7-5-8-12-43)47-25-19-39-31-49-53(33-41(39)29-47)59-51-27-28-52-56(55(49)51)50-32-40-20-26-48(30-42(40)34-54(50)60-52)58(44-13-9-6-10-14-44)46-23-17-38(18-24-46)36(3)4/h5-36H,1-4H3. The average Bonchev–Trinajstić information content (AvgIpc) is 3.82. The largest absolute Gasteiger partial charge is 0.456 e. The molecular weight excluding hydrogens is 733 g/mol. The molecule has 2 heterocycles. The van der Waals surface area contributed by atoms with Gasteiger partial charge >= 0.3 is 0 Å². The van der Waals surface area contributed by atoms with Crippen molar-refractivity contribution >= 4 is 99.5 Å². The summed E-state index contributed by atoms with van der Waals surface area (Å²) < 4.78 is 13.3. The van der Waals surface area contributed by atoms with Gasteiger partial charge in [-0.2, -0.15) is 0 Å². The van der Waals surface area contributed by atoms with Crippen LogP contribution >= 0.6 is 0 Å². The summed E-state index contributed by atoms with van der Waals surface area (Å²) in [5.74, 6) is 0.945. The Morgan fingerprint density at radius 3 is 1.07 bits per heavy atom. The van der Waals surface area contributed by atoms with Crippen molar-refractivity contribution < 1.29 is 8.83 Å². The fourth-order valence-corrected chi connectivity index (χ4v) is 8.94. The number of hydrogen-bond donors (Lipinski definition) is 0. The van der Waals surface area contributed by atoms with Crippen LogP contribution in [0.5, 0.6) is 0 Å². The molecule has 0 radical (unpaired) electrons. The van der Waals surface area contributed by atoms with Crippen molar-refractivity contribution in [1.82, 2.24) is 0 Å². The van der Waals surface area contributed by atoms with Crippen LogP contribution in [0.1, 0.15) is 50.7 Å². The van der Waals surface area contributed by atoms with Crippen molar-refractivity contribution in [2.24, 2.45) is 0 Å². The van der Waals surface area contributed by atoms with Crippen LogP contribution in [0.4, 0.5) is 34.1 Å². The smallest absolute Gasteiger partial charge is 0.136 e. The third-order valence-electron chi connectivity index (χ3n) is 12.1. The van der Waals surface area contributed by atoms with E-state index in [9.17, 15) is 0 Å². The van der Waals surface area contributed by atoms with E-state index in [1.54, 1.807) is 0 Å². The molecule has 4 nitrogen and oxygen atoms in total. The highest BCUT2D eigenvalue weighted by Crippen LogP contribution is 2.44. The van der Waals surface area contributed by atoms with E-state index in [0.717, 1.165) is 99.5 Å². The van der Waals surface area contributed by atoms with E-state index in [4.69, 9.17) is 8.83 Å². The zero-order chi connectivity index (χ0) is 40.5. The quantitative estimate of drug-likeness (QED) is 0.154. The molecule has 4 heteroatoms. The predicted molar refractivity (Wildman–Crippen MR) is 254 cm³/mol. The fraction of sp³-hybridized carbons (Fsp3) is 0.107. The Balaban J connectivity index is 1.02. The van der Waals surface area contributed by atoms with Gasteiger partial charge in [-0.3, -0.25) is 0 Å². The molecule has 11 rings (SSSR count). The summed E-state index contributed by atoms with van der Waals surface area (Å²) >= 11 is 0. The molecular formula is C56H44N2O2. The maximum Gasteiger partial charge on any atom is 0.136 e. The number of nitrogens with zero attached hydrogens (tertiary/aromatic N) is 2. The topological polar surface area (TPSA) is 32.8 Å². The molecule has 0 spiro atoms. The molecule has 0 atom stereocenters. The molecule has 9 aromatic carbocycles. The Morgan fingerprint density at radius 1 is 0.317 bits per heavy atom. The number of anilines is 6. The molecule has 60 heavy (non-hydrogen) atoms. The number of furan rings is 2. The third kappa shape index (κ3) is 6.06. The van der Waals surface area contributed by atoms with Crippen molar-refractivity contribution in [3.05, 3.63) is 193 Å². The van der Waals surface area contributed by atoms with Gasteiger partial charge in [-0.1, -0.05) is 100 Å². The van der Waals surface area contributed by atoms with E-state index in [0.29, 0.717) is 11.8 Å². The molecule has 0 bridgehead atoms. The molecule has 11 aromatic rings. The minimum Gasteiger partial charge on any atom is -0.456 e. The lowest BCUT2D eigenvalue weighted by Gasteiger charge is -2.26. The molecule has 0 fully saturated rings. The minimum atomic E-state index is 0.473. The number of rotatable bonds is 8. The number of hydrogen-bond acceptors (Lipinski definition) is 4. The first kappa shape index (κ1) is 35.8. The molecule has 0 aliphatic carbocycles. The Hall–Kier alpha value is -7.30. The third-order valence-corrected chi connectivity index (χ3v) is 12.1. The van der Waals surface area contributed by atoms with Gasteiger partial charge in [0.1, 0.15) is 22.3 Å². The van der Waals surface area contributed by atoms with E-state index < -0.39 is 0 Å². The van der Waals surface area contributed by atoms with Gasteiger partial charge in [-0.25, -0.2) is 0 Å². The first-order chi connectivity index (χ1) is 29.4. The second kappa shape index (κ2) is 14.2. The predicted octanol–water partition coefficient (Wildman–Crippen LogP) is 17.0.